The Balaban J connectivity index is 1.66. The van der Waals surface area contributed by atoms with Crippen molar-refractivity contribution in [3.63, 3.8) is 0 Å². The van der Waals surface area contributed by atoms with Crippen LogP contribution in [0.1, 0.15) is 46.0 Å². The number of ether oxygens (including phenoxy) is 1. The molecule has 3 nitrogen and oxygen atoms in total. The molecule has 17 heavy (non-hydrogen) atoms. The molecule has 2 aliphatic rings. The first-order valence-corrected chi connectivity index (χ1v) is 7.25. The molecule has 1 saturated heterocycles. The average molecular weight is 240 g/mol. The zero-order chi connectivity index (χ0) is 12.1. The molecular weight excluding hydrogens is 212 g/mol. The van der Waals surface area contributed by atoms with E-state index >= 15 is 0 Å². The summed E-state index contributed by atoms with van der Waals surface area (Å²) in [6.45, 7) is 9.71. The molecule has 3 heteroatoms. The van der Waals surface area contributed by atoms with E-state index in [0.717, 1.165) is 38.9 Å². The normalized spacial score (nSPS) is 27.2. The van der Waals surface area contributed by atoms with Gasteiger partial charge in [-0.05, 0) is 26.7 Å². The summed E-state index contributed by atoms with van der Waals surface area (Å²) in [7, 11) is 0. The fraction of sp³-hybridized carbons (Fsp3) is 1.00. The molecule has 0 aromatic heterocycles. The fourth-order valence-corrected chi connectivity index (χ4v) is 3.02. The van der Waals surface area contributed by atoms with Crippen LogP contribution in [0.3, 0.4) is 0 Å². The summed E-state index contributed by atoms with van der Waals surface area (Å²) in [4.78, 5) is 2.56. The number of hydrogen-bond donors (Lipinski definition) is 1. The molecule has 1 saturated carbocycles. The molecule has 0 atom stereocenters. The zero-order valence-electron chi connectivity index (χ0n) is 11.5. The van der Waals surface area contributed by atoms with Gasteiger partial charge in [-0.15, -0.1) is 0 Å². The summed E-state index contributed by atoms with van der Waals surface area (Å²) in [5, 5.41) is 3.72. The predicted octanol–water partition coefficient (Wildman–Crippen LogP) is 2.02. The first-order chi connectivity index (χ1) is 8.18. The van der Waals surface area contributed by atoms with Crippen LogP contribution < -0.4 is 5.32 Å². The molecule has 1 aliphatic heterocycles. The van der Waals surface area contributed by atoms with E-state index in [9.17, 15) is 0 Å². The zero-order valence-corrected chi connectivity index (χ0v) is 11.5. The predicted molar refractivity (Wildman–Crippen MR) is 71.3 cm³/mol. The molecule has 2 rings (SSSR count). The van der Waals surface area contributed by atoms with E-state index in [2.05, 4.69) is 24.1 Å². The summed E-state index contributed by atoms with van der Waals surface area (Å²) < 4.78 is 5.55. The van der Waals surface area contributed by atoms with Gasteiger partial charge >= 0.3 is 0 Å². The first kappa shape index (κ1) is 13.3. The van der Waals surface area contributed by atoms with Crippen LogP contribution in [0.4, 0.5) is 0 Å². The third kappa shape index (κ3) is 3.94. The molecule has 0 spiro atoms. The van der Waals surface area contributed by atoms with E-state index in [1.54, 1.807) is 0 Å². The molecule has 2 fully saturated rings. The van der Waals surface area contributed by atoms with Crippen LogP contribution >= 0.6 is 0 Å². The van der Waals surface area contributed by atoms with Gasteiger partial charge in [0.1, 0.15) is 0 Å². The lowest BCUT2D eigenvalue weighted by Crippen LogP contribution is -2.55. The van der Waals surface area contributed by atoms with Gasteiger partial charge in [-0.3, -0.25) is 4.90 Å². The Morgan fingerprint density at radius 2 is 2.00 bits per heavy atom. The van der Waals surface area contributed by atoms with Gasteiger partial charge in [0.2, 0.25) is 0 Å². The lowest BCUT2D eigenvalue weighted by atomic mass is 9.95. The van der Waals surface area contributed by atoms with Crippen LogP contribution in [0, 0.1) is 0 Å². The Morgan fingerprint density at radius 1 is 1.24 bits per heavy atom. The van der Waals surface area contributed by atoms with Crippen LogP contribution in [0.25, 0.3) is 0 Å². The van der Waals surface area contributed by atoms with Gasteiger partial charge in [0.05, 0.1) is 13.2 Å². The van der Waals surface area contributed by atoms with Crippen molar-refractivity contribution in [3.05, 3.63) is 0 Å². The highest BCUT2D eigenvalue weighted by Crippen LogP contribution is 2.19. The maximum absolute atomic E-state index is 5.55. The number of rotatable bonds is 4. The van der Waals surface area contributed by atoms with Crippen molar-refractivity contribution in [1.82, 2.24) is 10.2 Å². The van der Waals surface area contributed by atoms with Crippen molar-refractivity contribution in [2.75, 3.05) is 32.8 Å². The average Bonchev–Trinajstić information content (AvgIpc) is 2.32. The van der Waals surface area contributed by atoms with E-state index in [1.807, 2.05) is 0 Å². The standard InChI is InChI=1S/C14H28N2O/c1-14(2)12-17-11-10-16(14)9-8-15-13-6-4-3-5-7-13/h13,15H,3-12H2,1-2H3. The Morgan fingerprint density at radius 3 is 2.71 bits per heavy atom. The van der Waals surface area contributed by atoms with Crippen LogP contribution in [0.2, 0.25) is 0 Å². The number of nitrogens with zero attached hydrogens (tertiary/aromatic N) is 1. The van der Waals surface area contributed by atoms with Gasteiger partial charge in [0.15, 0.2) is 0 Å². The summed E-state index contributed by atoms with van der Waals surface area (Å²) in [6, 6.07) is 0.785. The second kappa shape index (κ2) is 6.17. The molecular formula is C14H28N2O. The van der Waals surface area contributed by atoms with Gasteiger partial charge in [0, 0.05) is 31.2 Å². The highest BCUT2D eigenvalue weighted by Gasteiger charge is 2.29. The van der Waals surface area contributed by atoms with E-state index in [-0.39, 0.29) is 5.54 Å². The quantitative estimate of drug-likeness (QED) is 0.813. The second-order valence-corrected chi connectivity index (χ2v) is 6.14. The van der Waals surface area contributed by atoms with Crippen molar-refractivity contribution in [2.45, 2.75) is 57.5 Å². The number of hydrogen-bond acceptors (Lipinski definition) is 3. The molecule has 0 aromatic carbocycles. The van der Waals surface area contributed by atoms with Gasteiger partial charge in [0.25, 0.3) is 0 Å². The van der Waals surface area contributed by atoms with Crippen LogP contribution in [-0.4, -0.2) is 49.3 Å². The molecule has 0 unspecified atom stereocenters. The Hall–Kier alpha value is -0.120. The number of nitrogens with one attached hydrogen (secondary N) is 1. The Bertz CT molecular complexity index is 224. The third-order valence-electron chi connectivity index (χ3n) is 4.24. The van der Waals surface area contributed by atoms with Gasteiger partial charge in [-0.1, -0.05) is 19.3 Å². The van der Waals surface area contributed by atoms with Crippen LogP contribution in [0.5, 0.6) is 0 Å². The van der Waals surface area contributed by atoms with Gasteiger partial charge < -0.3 is 10.1 Å². The van der Waals surface area contributed by atoms with Gasteiger partial charge in [-0.25, -0.2) is 0 Å². The first-order valence-electron chi connectivity index (χ1n) is 7.25. The lowest BCUT2D eigenvalue weighted by Gasteiger charge is -2.42. The molecule has 0 radical (unpaired) electrons. The Labute approximate surface area is 106 Å². The molecule has 0 amide bonds. The van der Waals surface area contributed by atoms with E-state index in [0.29, 0.717) is 0 Å². The van der Waals surface area contributed by atoms with Crippen molar-refractivity contribution in [3.8, 4) is 0 Å². The van der Waals surface area contributed by atoms with E-state index in [4.69, 9.17) is 4.74 Å². The molecule has 1 aliphatic carbocycles. The lowest BCUT2D eigenvalue weighted by molar-refractivity contribution is -0.0503. The van der Waals surface area contributed by atoms with E-state index < -0.39 is 0 Å². The molecule has 1 N–H and O–H groups in total. The summed E-state index contributed by atoms with van der Waals surface area (Å²) in [5.41, 5.74) is 0.215. The molecule has 0 aromatic rings. The fourth-order valence-electron chi connectivity index (χ4n) is 3.02. The van der Waals surface area contributed by atoms with Gasteiger partial charge in [-0.2, -0.15) is 0 Å². The highest BCUT2D eigenvalue weighted by atomic mass is 16.5. The van der Waals surface area contributed by atoms with Crippen LogP contribution in [-0.2, 0) is 4.74 Å². The molecule has 0 bridgehead atoms. The summed E-state index contributed by atoms with van der Waals surface area (Å²) >= 11 is 0. The largest absolute Gasteiger partial charge is 0.378 e. The second-order valence-electron chi connectivity index (χ2n) is 6.14. The number of morpholine rings is 1. The minimum absolute atomic E-state index is 0.215. The summed E-state index contributed by atoms with van der Waals surface area (Å²) in [5.74, 6) is 0. The highest BCUT2D eigenvalue weighted by molar-refractivity contribution is 4.85. The van der Waals surface area contributed by atoms with Crippen molar-refractivity contribution in [1.29, 1.82) is 0 Å². The smallest absolute Gasteiger partial charge is 0.0645 e. The topological polar surface area (TPSA) is 24.5 Å². The SMILES string of the molecule is CC1(C)COCCN1CCNC1CCCCC1. The monoisotopic (exact) mass is 240 g/mol. The minimum Gasteiger partial charge on any atom is -0.378 e. The third-order valence-corrected chi connectivity index (χ3v) is 4.24. The maximum Gasteiger partial charge on any atom is 0.0645 e. The minimum atomic E-state index is 0.215. The maximum atomic E-state index is 5.55. The van der Waals surface area contributed by atoms with Crippen LogP contribution in [0.15, 0.2) is 0 Å². The summed E-state index contributed by atoms with van der Waals surface area (Å²) in [6.07, 6.45) is 7.04. The molecule has 1 heterocycles. The van der Waals surface area contributed by atoms with Crippen molar-refractivity contribution < 1.29 is 4.74 Å². The van der Waals surface area contributed by atoms with E-state index in [1.165, 1.54) is 32.1 Å². The molecule has 100 valence electrons. The van der Waals surface area contributed by atoms with Crippen molar-refractivity contribution >= 4 is 0 Å². The van der Waals surface area contributed by atoms with Crippen molar-refractivity contribution in [2.24, 2.45) is 0 Å². The Kier molecular flexibility index (Phi) is 4.83.